The summed E-state index contributed by atoms with van der Waals surface area (Å²) in [5.41, 5.74) is -0.233. The molecule has 1 aromatic carbocycles. The quantitative estimate of drug-likeness (QED) is 0.870. The Morgan fingerprint density at radius 1 is 1.50 bits per heavy atom. The van der Waals surface area contributed by atoms with Crippen LogP contribution in [0.4, 0.5) is 0 Å². The number of carbonyl (C=O) groups is 1. The first-order chi connectivity index (χ1) is 8.27. The number of sulfonamides is 1. The fraction of sp³-hybridized carbons (Fsp3) is 0.364. The van der Waals surface area contributed by atoms with Gasteiger partial charge in [0, 0.05) is 6.04 Å². The van der Waals surface area contributed by atoms with Gasteiger partial charge in [-0.25, -0.2) is 17.9 Å². The molecule has 2 N–H and O–H groups in total. The van der Waals surface area contributed by atoms with E-state index in [0.717, 1.165) is 6.07 Å². The van der Waals surface area contributed by atoms with Gasteiger partial charge in [0.05, 0.1) is 15.5 Å². The Labute approximate surface area is 111 Å². The number of nitrogens with one attached hydrogen (secondary N) is 1. The molecular weight excluding hydrogens is 278 g/mol. The number of rotatable bonds is 5. The van der Waals surface area contributed by atoms with Crippen LogP contribution < -0.4 is 4.72 Å². The van der Waals surface area contributed by atoms with Gasteiger partial charge < -0.3 is 5.11 Å². The van der Waals surface area contributed by atoms with Crippen LogP contribution in [0, 0.1) is 0 Å². The summed E-state index contributed by atoms with van der Waals surface area (Å²) < 4.78 is 26.3. The second kappa shape index (κ2) is 5.69. The zero-order chi connectivity index (χ0) is 13.9. The van der Waals surface area contributed by atoms with Crippen molar-refractivity contribution >= 4 is 27.6 Å². The molecule has 5 nitrogen and oxygen atoms in total. The zero-order valence-electron chi connectivity index (χ0n) is 9.97. The number of hydrogen-bond donors (Lipinski definition) is 2. The molecule has 0 bridgehead atoms. The highest BCUT2D eigenvalue weighted by Gasteiger charge is 2.19. The number of carboxylic acids is 1. The smallest absolute Gasteiger partial charge is 0.337 e. The standard InChI is InChI=1S/C11H14ClNO4S/c1-3-7(2)13-18(16,17)8-4-5-10(12)9(6-8)11(14)15/h4-7,13H,3H2,1-2H3,(H,14,15). The van der Waals surface area contributed by atoms with Crippen LogP contribution in [-0.4, -0.2) is 25.5 Å². The molecule has 100 valence electrons. The maximum Gasteiger partial charge on any atom is 0.337 e. The molecule has 0 fully saturated rings. The topological polar surface area (TPSA) is 83.5 Å². The molecule has 1 unspecified atom stereocenters. The highest BCUT2D eigenvalue weighted by atomic mass is 35.5. The molecule has 0 saturated heterocycles. The van der Waals surface area contributed by atoms with Crippen LogP contribution in [0.25, 0.3) is 0 Å². The molecule has 0 aliphatic heterocycles. The van der Waals surface area contributed by atoms with Crippen LogP contribution in [0.1, 0.15) is 30.6 Å². The van der Waals surface area contributed by atoms with Gasteiger partial charge in [-0.15, -0.1) is 0 Å². The largest absolute Gasteiger partial charge is 0.478 e. The van der Waals surface area contributed by atoms with E-state index in [4.69, 9.17) is 16.7 Å². The van der Waals surface area contributed by atoms with E-state index < -0.39 is 16.0 Å². The average Bonchev–Trinajstić information content (AvgIpc) is 2.28. The number of halogens is 1. The van der Waals surface area contributed by atoms with Crippen LogP contribution in [0.3, 0.4) is 0 Å². The van der Waals surface area contributed by atoms with Gasteiger partial charge in [0.25, 0.3) is 0 Å². The molecule has 18 heavy (non-hydrogen) atoms. The Balaban J connectivity index is 3.18. The third kappa shape index (κ3) is 3.44. The second-order valence-corrected chi connectivity index (χ2v) is 6.00. The number of aromatic carboxylic acids is 1. The molecule has 0 heterocycles. The van der Waals surface area contributed by atoms with Gasteiger partial charge in [-0.05, 0) is 31.5 Å². The number of benzene rings is 1. The Morgan fingerprint density at radius 2 is 2.11 bits per heavy atom. The Kier molecular flexibility index (Phi) is 4.72. The fourth-order valence-corrected chi connectivity index (χ4v) is 2.80. The lowest BCUT2D eigenvalue weighted by Gasteiger charge is -2.12. The Morgan fingerprint density at radius 3 is 2.61 bits per heavy atom. The minimum atomic E-state index is -3.72. The molecule has 0 spiro atoms. The highest BCUT2D eigenvalue weighted by molar-refractivity contribution is 7.89. The summed E-state index contributed by atoms with van der Waals surface area (Å²) in [5, 5.41) is 8.89. The van der Waals surface area contributed by atoms with Crippen LogP contribution in [0.2, 0.25) is 5.02 Å². The van der Waals surface area contributed by atoms with Gasteiger partial charge in [-0.1, -0.05) is 18.5 Å². The average molecular weight is 292 g/mol. The minimum Gasteiger partial charge on any atom is -0.478 e. The van der Waals surface area contributed by atoms with Gasteiger partial charge in [-0.3, -0.25) is 0 Å². The number of hydrogen-bond acceptors (Lipinski definition) is 3. The SMILES string of the molecule is CCC(C)NS(=O)(=O)c1ccc(Cl)c(C(=O)O)c1. The van der Waals surface area contributed by atoms with E-state index in [9.17, 15) is 13.2 Å². The van der Waals surface area contributed by atoms with Crippen molar-refractivity contribution in [1.82, 2.24) is 4.72 Å². The van der Waals surface area contributed by atoms with Crippen molar-refractivity contribution in [2.45, 2.75) is 31.2 Å². The predicted octanol–water partition coefficient (Wildman–Crippen LogP) is 2.12. The lowest BCUT2D eigenvalue weighted by Crippen LogP contribution is -2.32. The summed E-state index contributed by atoms with van der Waals surface area (Å²) in [6.45, 7) is 3.57. The normalized spacial score (nSPS) is 13.3. The minimum absolute atomic E-state index is 0.00462. The van der Waals surface area contributed by atoms with Crippen molar-refractivity contribution in [2.75, 3.05) is 0 Å². The zero-order valence-corrected chi connectivity index (χ0v) is 11.5. The van der Waals surface area contributed by atoms with Gasteiger partial charge >= 0.3 is 5.97 Å². The Hall–Kier alpha value is -1.11. The van der Waals surface area contributed by atoms with E-state index in [1.165, 1.54) is 12.1 Å². The highest BCUT2D eigenvalue weighted by Crippen LogP contribution is 2.20. The third-order valence-corrected chi connectivity index (χ3v) is 4.36. The molecule has 0 aliphatic carbocycles. The lowest BCUT2D eigenvalue weighted by molar-refractivity contribution is 0.0697. The van der Waals surface area contributed by atoms with E-state index >= 15 is 0 Å². The Bertz CT molecular complexity index is 556. The van der Waals surface area contributed by atoms with Crippen molar-refractivity contribution < 1.29 is 18.3 Å². The second-order valence-electron chi connectivity index (χ2n) is 3.88. The van der Waals surface area contributed by atoms with Gasteiger partial charge in [0.1, 0.15) is 0 Å². The molecule has 1 rings (SSSR count). The molecule has 1 aromatic rings. The van der Waals surface area contributed by atoms with E-state index in [2.05, 4.69) is 4.72 Å². The van der Waals surface area contributed by atoms with Crippen LogP contribution in [0.15, 0.2) is 23.1 Å². The molecule has 0 saturated carbocycles. The summed E-state index contributed by atoms with van der Waals surface area (Å²) in [5.74, 6) is -1.26. The van der Waals surface area contributed by atoms with Crippen molar-refractivity contribution in [3.05, 3.63) is 28.8 Å². The van der Waals surface area contributed by atoms with Crippen molar-refractivity contribution in [3.63, 3.8) is 0 Å². The van der Waals surface area contributed by atoms with Gasteiger partial charge in [0.2, 0.25) is 10.0 Å². The van der Waals surface area contributed by atoms with Gasteiger partial charge in [0.15, 0.2) is 0 Å². The molecule has 1 atom stereocenters. The van der Waals surface area contributed by atoms with E-state index in [1.807, 2.05) is 6.92 Å². The first kappa shape index (κ1) is 14.9. The molecule has 7 heteroatoms. The first-order valence-corrected chi connectivity index (χ1v) is 7.19. The van der Waals surface area contributed by atoms with E-state index in [-0.39, 0.29) is 21.5 Å². The van der Waals surface area contributed by atoms with E-state index in [1.54, 1.807) is 6.92 Å². The van der Waals surface area contributed by atoms with Crippen LogP contribution >= 0.6 is 11.6 Å². The monoisotopic (exact) mass is 291 g/mol. The lowest BCUT2D eigenvalue weighted by atomic mass is 10.2. The van der Waals surface area contributed by atoms with Crippen molar-refractivity contribution in [2.24, 2.45) is 0 Å². The first-order valence-electron chi connectivity index (χ1n) is 5.33. The maximum absolute atomic E-state index is 11.9. The molecule has 0 amide bonds. The summed E-state index contributed by atoms with van der Waals surface area (Å²) >= 11 is 5.68. The third-order valence-electron chi connectivity index (χ3n) is 2.45. The molecule has 0 aliphatic rings. The summed E-state index contributed by atoms with van der Waals surface area (Å²) in [4.78, 5) is 10.8. The molecular formula is C11H14ClNO4S. The predicted molar refractivity (Wildman–Crippen MR) is 68.5 cm³/mol. The van der Waals surface area contributed by atoms with E-state index in [0.29, 0.717) is 6.42 Å². The fourth-order valence-electron chi connectivity index (χ4n) is 1.25. The molecule has 0 radical (unpaired) electrons. The number of carboxylic acid groups (broad SMARTS) is 1. The van der Waals surface area contributed by atoms with Crippen LogP contribution in [-0.2, 0) is 10.0 Å². The van der Waals surface area contributed by atoms with Crippen molar-refractivity contribution in [1.29, 1.82) is 0 Å². The maximum atomic E-state index is 11.9. The van der Waals surface area contributed by atoms with Crippen molar-refractivity contribution in [3.8, 4) is 0 Å². The summed E-state index contributed by atoms with van der Waals surface area (Å²) in [6, 6.07) is 3.37. The van der Waals surface area contributed by atoms with Gasteiger partial charge in [-0.2, -0.15) is 0 Å². The summed E-state index contributed by atoms with van der Waals surface area (Å²) in [7, 11) is -3.72. The molecule has 0 aromatic heterocycles. The summed E-state index contributed by atoms with van der Waals surface area (Å²) in [6.07, 6.45) is 0.638. The van der Waals surface area contributed by atoms with Crippen LogP contribution in [0.5, 0.6) is 0 Å².